The molecule has 126 valence electrons. The number of esters is 1. The summed E-state index contributed by atoms with van der Waals surface area (Å²) < 4.78 is 5.79. The highest BCUT2D eigenvalue weighted by Crippen LogP contribution is 2.66. The molecule has 1 aliphatic heterocycles. The van der Waals surface area contributed by atoms with Crippen molar-refractivity contribution >= 4 is 5.97 Å². The number of hydrogen-bond donors (Lipinski definition) is 1. The molecule has 1 saturated heterocycles. The molecule has 1 N–H and O–H groups in total. The Kier molecular flexibility index (Phi) is 3.02. The molecule has 23 heavy (non-hydrogen) atoms. The monoisotopic (exact) mass is 316 g/mol. The van der Waals surface area contributed by atoms with Crippen LogP contribution in [0.5, 0.6) is 0 Å². The summed E-state index contributed by atoms with van der Waals surface area (Å²) in [4.78, 5) is 12.6. The molecule has 0 amide bonds. The van der Waals surface area contributed by atoms with E-state index < -0.39 is 11.5 Å². The van der Waals surface area contributed by atoms with Crippen LogP contribution in [0.2, 0.25) is 0 Å². The van der Waals surface area contributed by atoms with Crippen LogP contribution in [-0.4, -0.2) is 23.3 Å². The smallest absolute Gasteiger partial charge is 0.312 e. The maximum atomic E-state index is 12.6. The van der Waals surface area contributed by atoms with Gasteiger partial charge in [-0.15, -0.1) is 6.58 Å². The lowest BCUT2D eigenvalue weighted by molar-refractivity contribution is -0.152. The van der Waals surface area contributed by atoms with Gasteiger partial charge in [-0.05, 0) is 61.9 Å². The summed E-state index contributed by atoms with van der Waals surface area (Å²) >= 11 is 0. The highest BCUT2D eigenvalue weighted by Gasteiger charge is 2.67. The topological polar surface area (TPSA) is 46.5 Å². The summed E-state index contributed by atoms with van der Waals surface area (Å²) in [6.45, 7) is 10.6. The van der Waals surface area contributed by atoms with E-state index in [9.17, 15) is 9.90 Å². The molecular weight excluding hydrogens is 288 g/mol. The van der Waals surface area contributed by atoms with Crippen LogP contribution in [0.1, 0.15) is 52.9 Å². The quantitative estimate of drug-likeness (QED) is 0.593. The highest BCUT2D eigenvalue weighted by molar-refractivity contribution is 5.80. The molecule has 0 aromatic carbocycles. The number of carbonyl (C=O) groups is 1. The number of rotatable bonds is 1. The van der Waals surface area contributed by atoms with Gasteiger partial charge in [-0.1, -0.05) is 25.5 Å². The van der Waals surface area contributed by atoms with Gasteiger partial charge in [0.25, 0.3) is 0 Å². The minimum absolute atomic E-state index is 0.0458. The van der Waals surface area contributed by atoms with Gasteiger partial charge >= 0.3 is 5.97 Å². The summed E-state index contributed by atoms with van der Waals surface area (Å²) in [6.07, 6.45) is 8.40. The normalized spacial score (nSPS) is 54.6. The average Bonchev–Trinajstić information content (AvgIpc) is 2.69. The zero-order valence-electron chi connectivity index (χ0n) is 14.5. The third-order valence-corrected chi connectivity index (χ3v) is 7.50. The third kappa shape index (κ3) is 1.89. The van der Waals surface area contributed by atoms with Gasteiger partial charge in [0.15, 0.2) is 0 Å². The molecule has 0 aromatic rings. The lowest BCUT2D eigenvalue weighted by Crippen LogP contribution is -2.56. The second-order valence-corrected chi connectivity index (χ2v) is 9.20. The van der Waals surface area contributed by atoms with Gasteiger partial charge in [0.05, 0.1) is 11.5 Å². The summed E-state index contributed by atoms with van der Waals surface area (Å²) in [7, 11) is 0. The Hall–Kier alpha value is -1.09. The lowest BCUT2D eigenvalue weighted by atomic mass is 9.45. The zero-order chi connectivity index (χ0) is 16.6. The summed E-state index contributed by atoms with van der Waals surface area (Å²) in [6, 6.07) is 0. The molecule has 0 aromatic heterocycles. The average molecular weight is 316 g/mol. The van der Waals surface area contributed by atoms with E-state index in [0.29, 0.717) is 12.3 Å². The molecule has 3 fully saturated rings. The fourth-order valence-corrected chi connectivity index (χ4v) is 6.47. The fourth-order valence-electron chi connectivity index (χ4n) is 6.47. The first-order chi connectivity index (χ1) is 10.7. The van der Waals surface area contributed by atoms with Crippen LogP contribution in [-0.2, 0) is 9.53 Å². The maximum Gasteiger partial charge on any atom is 0.312 e. The van der Waals surface area contributed by atoms with Crippen molar-refractivity contribution < 1.29 is 14.6 Å². The first-order valence-corrected chi connectivity index (χ1v) is 8.95. The predicted octanol–water partition coefficient (Wildman–Crippen LogP) is 3.63. The van der Waals surface area contributed by atoms with E-state index in [4.69, 9.17) is 4.74 Å². The van der Waals surface area contributed by atoms with Gasteiger partial charge in [0.2, 0.25) is 0 Å². The van der Waals surface area contributed by atoms with Crippen molar-refractivity contribution in [2.75, 3.05) is 0 Å². The Morgan fingerprint density at radius 1 is 1.35 bits per heavy atom. The van der Waals surface area contributed by atoms with Crippen LogP contribution in [0.3, 0.4) is 0 Å². The molecule has 0 bridgehead atoms. The number of aliphatic hydroxyl groups excluding tert-OH is 1. The Morgan fingerprint density at radius 3 is 2.78 bits per heavy atom. The molecule has 2 saturated carbocycles. The van der Waals surface area contributed by atoms with E-state index in [1.165, 1.54) is 5.57 Å². The summed E-state index contributed by atoms with van der Waals surface area (Å²) in [5.74, 6) is 0.549. The lowest BCUT2D eigenvalue weighted by Gasteiger charge is -2.57. The standard InChI is InChI=1S/C20H28O3/c1-5-18(2)7-6-14-12(9-18)8-15-16-19(14,3)10-13(21)11-20(16,4)17(22)23-15/h5,8,13-16,21H,1,6-7,9-11H2,2-4H3. The van der Waals surface area contributed by atoms with E-state index >= 15 is 0 Å². The third-order valence-electron chi connectivity index (χ3n) is 7.50. The van der Waals surface area contributed by atoms with E-state index in [1.807, 2.05) is 6.92 Å². The molecule has 4 aliphatic rings. The minimum atomic E-state index is -0.529. The second kappa shape index (κ2) is 4.50. The Labute approximate surface area is 138 Å². The number of carbonyl (C=O) groups excluding carboxylic acids is 1. The van der Waals surface area contributed by atoms with Gasteiger partial charge in [0.1, 0.15) is 6.10 Å². The molecule has 0 spiro atoms. The molecular formula is C20H28O3. The van der Waals surface area contributed by atoms with Crippen molar-refractivity contribution in [3.8, 4) is 0 Å². The van der Waals surface area contributed by atoms with Gasteiger partial charge in [-0.2, -0.15) is 0 Å². The Balaban J connectivity index is 1.81. The largest absolute Gasteiger partial charge is 0.457 e. The molecule has 3 nitrogen and oxygen atoms in total. The minimum Gasteiger partial charge on any atom is -0.457 e. The van der Waals surface area contributed by atoms with Crippen molar-refractivity contribution in [1.82, 2.24) is 0 Å². The van der Waals surface area contributed by atoms with Crippen LogP contribution < -0.4 is 0 Å². The second-order valence-electron chi connectivity index (χ2n) is 9.20. The number of ether oxygens (including phenoxy) is 1. The molecule has 1 heterocycles. The fraction of sp³-hybridized carbons (Fsp3) is 0.750. The van der Waals surface area contributed by atoms with Crippen LogP contribution >= 0.6 is 0 Å². The summed E-state index contributed by atoms with van der Waals surface area (Å²) in [5, 5.41) is 10.5. The van der Waals surface area contributed by atoms with E-state index in [1.54, 1.807) is 0 Å². The highest BCUT2D eigenvalue weighted by atomic mass is 16.6. The number of fused-ring (bicyclic) bond motifs is 2. The molecule has 0 radical (unpaired) electrons. The van der Waals surface area contributed by atoms with Crippen molar-refractivity contribution in [1.29, 1.82) is 0 Å². The van der Waals surface area contributed by atoms with Crippen molar-refractivity contribution in [3.63, 3.8) is 0 Å². The first kappa shape index (κ1) is 15.4. The van der Waals surface area contributed by atoms with Crippen LogP contribution in [0.15, 0.2) is 24.3 Å². The van der Waals surface area contributed by atoms with Gasteiger partial charge < -0.3 is 9.84 Å². The van der Waals surface area contributed by atoms with Gasteiger partial charge in [-0.3, -0.25) is 4.79 Å². The predicted molar refractivity (Wildman–Crippen MR) is 88.6 cm³/mol. The molecule has 7 unspecified atom stereocenters. The number of hydrogen-bond acceptors (Lipinski definition) is 3. The molecule has 3 heteroatoms. The van der Waals surface area contributed by atoms with Crippen LogP contribution in [0.4, 0.5) is 0 Å². The Morgan fingerprint density at radius 2 is 2.09 bits per heavy atom. The summed E-state index contributed by atoms with van der Waals surface area (Å²) in [5.41, 5.74) is 0.993. The first-order valence-electron chi connectivity index (χ1n) is 8.95. The molecule has 4 rings (SSSR count). The van der Waals surface area contributed by atoms with E-state index in [2.05, 4.69) is 32.6 Å². The molecule has 3 aliphatic carbocycles. The van der Waals surface area contributed by atoms with Crippen LogP contribution in [0.25, 0.3) is 0 Å². The van der Waals surface area contributed by atoms with Crippen molar-refractivity contribution in [2.45, 2.75) is 65.1 Å². The van der Waals surface area contributed by atoms with Crippen molar-refractivity contribution in [2.24, 2.45) is 28.1 Å². The SMILES string of the molecule is C=CC1(C)CCC2C(=CC3OC(=O)C4(C)CC(O)CC2(C)C34)C1. The maximum absolute atomic E-state index is 12.6. The zero-order valence-corrected chi connectivity index (χ0v) is 14.5. The van der Waals surface area contributed by atoms with Gasteiger partial charge in [0, 0.05) is 5.92 Å². The number of allylic oxidation sites excluding steroid dienone is 2. The van der Waals surface area contributed by atoms with Crippen LogP contribution in [0, 0.1) is 28.1 Å². The van der Waals surface area contributed by atoms with E-state index in [-0.39, 0.29) is 28.8 Å². The van der Waals surface area contributed by atoms with Crippen molar-refractivity contribution in [3.05, 3.63) is 24.3 Å². The molecule has 7 atom stereocenters. The van der Waals surface area contributed by atoms with E-state index in [0.717, 1.165) is 25.7 Å². The number of aliphatic hydroxyl groups is 1. The van der Waals surface area contributed by atoms with Gasteiger partial charge in [-0.25, -0.2) is 0 Å². The Bertz CT molecular complexity index is 608.